The molecule has 90 valence electrons. The summed E-state index contributed by atoms with van der Waals surface area (Å²) >= 11 is 0. The fourth-order valence-electron chi connectivity index (χ4n) is 1.76. The molecular weight excluding hydrogens is 201 g/mol. The lowest BCUT2D eigenvalue weighted by molar-refractivity contribution is 0.532. The monoisotopic (exact) mass is 223 g/mol. The van der Waals surface area contributed by atoms with Crippen molar-refractivity contribution in [1.29, 1.82) is 0 Å². The quantitative estimate of drug-likeness (QED) is 0.687. The Morgan fingerprint density at radius 1 is 1.25 bits per heavy atom. The third kappa shape index (κ3) is 4.75. The van der Waals surface area contributed by atoms with Crippen LogP contribution in [0.1, 0.15) is 51.1 Å². The first-order chi connectivity index (χ1) is 7.74. The molecule has 0 unspecified atom stereocenters. The molecule has 0 fully saturated rings. The van der Waals surface area contributed by atoms with Crippen molar-refractivity contribution in [3.63, 3.8) is 0 Å². The van der Waals surface area contributed by atoms with E-state index >= 15 is 0 Å². The topological polar surface area (TPSA) is 12.0 Å². The first-order valence-electron chi connectivity index (χ1n) is 6.23. The van der Waals surface area contributed by atoms with Crippen molar-refractivity contribution in [2.24, 2.45) is 0 Å². The Bertz CT molecular complexity index is 299. The number of hydrogen-bond acceptors (Lipinski definition) is 1. The summed E-state index contributed by atoms with van der Waals surface area (Å²) in [6.45, 7) is 5.30. The van der Waals surface area contributed by atoms with Crippen molar-refractivity contribution in [3.05, 3.63) is 35.6 Å². The lowest BCUT2D eigenvalue weighted by Gasteiger charge is -2.14. The minimum Gasteiger partial charge on any atom is -0.310 e. The van der Waals surface area contributed by atoms with Gasteiger partial charge in [-0.2, -0.15) is 0 Å². The molecule has 1 rings (SSSR count). The molecule has 0 amide bonds. The highest BCUT2D eigenvalue weighted by Gasteiger charge is 2.04. The summed E-state index contributed by atoms with van der Waals surface area (Å²) < 4.78 is 13.0. The van der Waals surface area contributed by atoms with Gasteiger partial charge >= 0.3 is 0 Å². The molecule has 1 nitrogen and oxygen atoms in total. The number of nitrogens with one attached hydrogen (secondary N) is 1. The predicted octanol–water partition coefficient (Wildman–Crippen LogP) is 4.06. The zero-order valence-electron chi connectivity index (χ0n) is 10.3. The van der Waals surface area contributed by atoms with Gasteiger partial charge in [-0.1, -0.05) is 38.3 Å². The molecular formula is C14H22FN. The maximum absolute atomic E-state index is 13.0. The van der Waals surface area contributed by atoms with E-state index in [1.807, 2.05) is 6.07 Å². The molecule has 0 saturated carbocycles. The molecule has 0 aliphatic heterocycles. The molecule has 0 aliphatic carbocycles. The Kier molecular flexibility index (Phi) is 6.09. The summed E-state index contributed by atoms with van der Waals surface area (Å²) in [6, 6.07) is 7.05. The first-order valence-corrected chi connectivity index (χ1v) is 6.23. The summed E-state index contributed by atoms with van der Waals surface area (Å²) in [7, 11) is 0. The smallest absolute Gasteiger partial charge is 0.123 e. The van der Waals surface area contributed by atoms with Crippen LogP contribution >= 0.6 is 0 Å². The second-order valence-corrected chi connectivity index (χ2v) is 4.29. The van der Waals surface area contributed by atoms with Gasteiger partial charge in [-0.15, -0.1) is 0 Å². The van der Waals surface area contributed by atoms with Crippen LogP contribution in [0.5, 0.6) is 0 Å². The van der Waals surface area contributed by atoms with Crippen LogP contribution in [0.25, 0.3) is 0 Å². The largest absolute Gasteiger partial charge is 0.310 e. The Labute approximate surface area is 98.1 Å². The zero-order chi connectivity index (χ0) is 11.8. The van der Waals surface area contributed by atoms with Crippen LogP contribution in [0.2, 0.25) is 0 Å². The molecule has 16 heavy (non-hydrogen) atoms. The third-order valence-electron chi connectivity index (χ3n) is 2.83. The second-order valence-electron chi connectivity index (χ2n) is 4.29. The van der Waals surface area contributed by atoms with Crippen LogP contribution in [-0.2, 0) is 0 Å². The molecule has 1 aromatic carbocycles. The van der Waals surface area contributed by atoms with Crippen molar-refractivity contribution in [2.45, 2.75) is 45.6 Å². The predicted molar refractivity (Wildman–Crippen MR) is 67.0 cm³/mol. The van der Waals surface area contributed by atoms with Crippen molar-refractivity contribution in [3.8, 4) is 0 Å². The Balaban J connectivity index is 2.27. The maximum Gasteiger partial charge on any atom is 0.123 e. The number of hydrogen-bond donors (Lipinski definition) is 1. The van der Waals surface area contributed by atoms with Crippen LogP contribution in [0.3, 0.4) is 0 Å². The highest BCUT2D eigenvalue weighted by atomic mass is 19.1. The highest BCUT2D eigenvalue weighted by molar-refractivity contribution is 5.19. The fraction of sp³-hybridized carbons (Fsp3) is 0.571. The van der Waals surface area contributed by atoms with E-state index in [-0.39, 0.29) is 11.9 Å². The van der Waals surface area contributed by atoms with Gasteiger partial charge in [-0.05, 0) is 37.6 Å². The van der Waals surface area contributed by atoms with Gasteiger partial charge in [0.15, 0.2) is 0 Å². The average molecular weight is 223 g/mol. The van der Waals surface area contributed by atoms with Crippen LogP contribution in [0.4, 0.5) is 4.39 Å². The summed E-state index contributed by atoms with van der Waals surface area (Å²) in [5.74, 6) is -0.155. The summed E-state index contributed by atoms with van der Waals surface area (Å²) in [4.78, 5) is 0. The van der Waals surface area contributed by atoms with E-state index in [0.717, 1.165) is 12.1 Å². The molecule has 0 aliphatic rings. The van der Waals surface area contributed by atoms with Crippen LogP contribution in [0.15, 0.2) is 24.3 Å². The van der Waals surface area contributed by atoms with Crippen molar-refractivity contribution >= 4 is 0 Å². The lowest BCUT2D eigenvalue weighted by Crippen LogP contribution is -2.19. The second kappa shape index (κ2) is 7.39. The number of halogens is 1. The van der Waals surface area contributed by atoms with E-state index in [2.05, 4.69) is 19.2 Å². The number of benzene rings is 1. The lowest BCUT2D eigenvalue weighted by atomic mass is 10.1. The van der Waals surface area contributed by atoms with Gasteiger partial charge in [-0.3, -0.25) is 0 Å². The SMILES string of the molecule is CCCCCCN[C@@H](C)c1cccc(F)c1. The van der Waals surface area contributed by atoms with Gasteiger partial charge in [0.2, 0.25) is 0 Å². The van der Waals surface area contributed by atoms with Crippen LogP contribution in [0, 0.1) is 5.82 Å². The summed E-state index contributed by atoms with van der Waals surface area (Å²) in [5, 5.41) is 3.42. The van der Waals surface area contributed by atoms with E-state index in [4.69, 9.17) is 0 Å². The first kappa shape index (κ1) is 13.2. The summed E-state index contributed by atoms with van der Waals surface area (Å²) in [5.41, 5.74) is 1.02. The van der Waals surface area contributed by atoms with Gasteiger partial charge in [-0.25, -0.2) is 4.39 Å². The molecule has 0 bridgehead atoms. The standard InChI is InChI=1S/C14H22FN/c1-3-4-5-6-10-16-12(2)13-8-7-9-14(15)11-13/h7-9,11-12,16H,3-6,10H2,1-2H3/t12-/m0/s1. The number of rotatable bonds is 7. The van der Waals surface area contributed by atoms with Crippen molar-refractivity contribution in [1.82, 2.24) is 5.32 Å². The Morgan fingerprint density at radius 3 is 2.75 bits per heavy atom. The van der Waals surface area contributed by atoms with E-state index in [0.29, 0.717) is 0 Å². The van der Waals surface area contributed by atoms with E-state index < -0.39 is 0 Å². The van der Waals surface area contributed by atoms with Gasteiger partial charge in [0.1, 0.15) is 5.82 Å². The molecule has 1 N–H and O–H groups in total. The zero-order valence-corrected chi connectivity index (χ0v) is 10.3. The molecule has 0 saturated heterocycles. The molecule has 0 heterocycles. The molecule has 0 spiro atoms. The van der Waals surface area contributed by atoms with Gasteiger partial charge < -0.3 is 5.32 Å². The minimum atomic E-state index is -0.155. The average Bonchev–Trinajstić information content (AvgIpc) is 2.28. The van der Waals surface area contributed by atoms with Crippen molar-refractivity contribution in [2.75, 3.05) is 6.54 Å². The molecule has 2 heteroatoms. The van der Waals surface area contributed by atoms with Gasteiger partial charge in [0, 0.05) is 6.04 Å². The Morgan fingerprint density at radius 2 is 2.06 bits per heavy atom. The fourth-order valence-corrected chi connectivity index (χ4v) is 1.76. The maximum atomic E-state index is 13.0. The Hall–Kier alpha value is -0.890. The highest BCUT2D eigenvalue weighted by Crippen LogP contribution is 2.13. The van der Waals surface area contributed by atoms with Crippen molar-refractivity contribution < 1.29 is 4.39 Å². The molecule has 0 radical (unpaired) electrons. The number of unbranched alkanes of at least 4 members (excludes halogenated alkanes) is 3. The molecule has 1 aromatic rings. The van der Waals surface area contributed by atoms with Crippen LogP contribution in [-0.4, -0.2) is 6.54 Å². The van der Waals surface area contributed by atoms with Gasteiger partial charge in [0.25, 0.3) is 0 Å². The normalized spacial score (nSPS) is 12.7. The summed E-state index contributed by atoms with van der Waals surface area (Å²) in [6.07, 6.45) is 5.04. The van der Waals surface area contributed by atoms with E-state index in [9.17, 15) is 4.39 Å². The van der Waals surface area contributed by atoms with E-state index in [1.165, 1.54) is 31.7 Å². The molecule has 1 atom stereocenters. The third-order valence-corrected chi connectivity index (χ3v) is 2.83. The van der Waals surface area contributed by atoms with Gasteiger partial charge in [0.05, 0.1) is 0 Å². The minimum absolute atomic E-state index is 0.155. The van der Waals surface area contributed by atoms with E-state index in [1.54, 1.807) is 12.1 Å². The van der Waals surface area contributed by atoms with Crippen LogP contribution < -0.4 is 5.32 Å². The molecule has 0 aromatic heterocycles.